The predicted molar refractivity (Wildman–Crippen MR) is 68.4 cm³/mol. The van der Waals surface area contributed by atoms with Crippen LogP contribution in [0.1, 0.15) is 16.8 Å². The van der Waals surface area contributed by atoms with Gasteiger partial charge in [-0.25, -0.2) is 0 Å². The first kappa shape index (κ1) is 13.5. The number of halogens is 1. The van der Waals surface area contributed by atoms with E-state index in [-0.39, 0.29) is 24.1 Å². The molecule has 0 heterocycles. The van der Waals surface area contributed by atoms with Crippen molar-refractivity contribution in [2.45, 2.75) is 6.42 Å². The first-order valence-corrected chi connectivity index (χ1v) is 5.75. The van der Waals surface area contributed by atoms with Crippen molar-refractivity contribution in [2.75, 3.05) is 25.3 Å². The molecule has 0 aliphatic carbocycles. The van der Waals surface area contributed by atoms with Crippen molar-refractivity contribution in [1.29, 1.82) is 0 Å². The van der Waals surface area contributed by atoms with Crippen LogP contribution in [0.3, 0.4) is 0 Å². The summed E-state index contributed by atoms with van der Waals surface area (Å²) in [6.07, 6.45) is 0.257. The molecular weight excluding hydrogens is 240 g/mol. The van der Waals surface area contributed by atoms with Crippen molar-refractivity contribution in [3.05, 3.63) is 29.8 Å². The van der Waals surface area contributed by atoms with E-state index in [9.17, 15) is 9.59 Å². The summed E-state index contributed by atoms with van der Waals surface area (Å²) in [5.41, 5.74) is 1.14. The van der Waals surface area contributed by atoms with E-state index in [1.807, 2.05) is 0 Å². The number of carbonyl (C=O) groups excluding carboxylic acids is 2. The highest BCUT2D eigenvalue weighted by Crippen LogP contribution is 2.12. The van der Waals surface area contributed by atoms with Crippen LogP contribution >= 0.6 is 11.6 Å². The Morgan fingerprint density at radius 2 is 2.06 bits per heavy atom. The molecule has 0 aliphatic heterocycles. The number of anilines is 1. The van der Waals surface area contributed by atoms with Crippen molar-refractivity contribution in [1.82, 2.24) is 4.90 Å². The van der Waals surface area contributed by atoms with Gasteiger partial charge in [0.05, 0.1) is 0 Å². The van der Waals surface area contributed by atoms with Gasteiger partial charge in [0.25, 0.3) is 5.91 Å². The van der Waals surface area contributed by atoms with Gasteiger partial charge in [0, 0.05) is 37.6 Å². The lowest BCUT2D eigenvalue weighted by atomic mass is 10.2. The number of rotatable bonds is 4. The number of hydrogen-bond acceptors (Lipinski definition) is 2. The minimum atomic E-state index is -0.158. The van der Waals surface area contributed by atoms with E-state index in [2.05, 4.69) is 5.32 Å². The van der Waals surface area contributed by atoms with E-state index >= 15 is 0 Å². The van der Waals surface area contributed by atoms with E-state index in [4.69, 9.17) is 11.6 Å². The van der Waals surface area contributed by atoms with Gasteiger partial charge in [-0.1, -0.05) is 6.07 Å². The largest absolute Gasteiger partial charge is 0.345 e. The molecule has 1 N–H and O–H groups in total. The molecule has 0 aliphatic rings. The van der Waals surface area contributed by atoms with E-state index < -0.39 is 0 Å². The summed E-state index contributed by atoms with van der Waals surface area (Å²) < 4.78 is 0. The number of carbonyl (C=O) groups is 2. The van der Waals surface area contributed by atoms with Crippen LogP contribution < -0.4 is 5.32 Å². The fourth-order valence-corrected chi connectivity index (χ4v) is 1.47. The average molecular weight is 255 g/mol. The minimum absolute atomic E-state index is 0.0987. The van der Waals surface area contributed by atoms with Gasteiger partial charge in [0.1, 0.15) is 0 Å². The van der Waals surface area contributed by atoms with Crippen LogP contribution in [0, 0.1) is 0 Å². The Labute approximate surface area is 106 Å². The molecule has 0 atom stereocenters. The monoisotopic (exact) mass is 254 g/mol. The third-order valence-electron chi connectivity index (χ3n) is 2.12. The maximum atomic E-state index is 11.7. The lowest BCUT2D eigenvalue weighted by Gasteiger charge is -2.11. The summed E-state index contributed by atoms with van der Waals surface area (Å²) in [4.78, 5) is 24.5. The highest BCUT2D eigenvalue weighted by Gasteiger charge is 2.09. The zero-order chi connectivity index (χ0) is 12.8. The van der Waals surface area contributed by atoms with Crippen LogP contribution in [-0.4, -0.2) is 36.7 Å². The van der Waals surface area contributed by atoms with Gasteiger partial charge in [-0.05, 0) is 18.2 Å². The molecule has 0 fully saturated rings. The number of benzene rings is 1. The fourth-order valence-electron chi connectivity index (χ4n) is 1.30. The number of nitrogens with zero attached hydrogens (tertiary/aromatic N) is 1. The second-order valence-electron chi connectivity index (χ2n) is 3.77. The lowest BCUT2D eigenvalue weighted by molar-refractivity contribution is -0.115. The zero-order valence-corrected chi connectivity index (χ0v) is 10.6. The zero-order valence-electron chi connectivity index (χ0n) is 9.87. The summed E-state index contributed by atoms with van der Waals surface area (Å²) >= 11 is 5.46. The van der Waals surface area contributed by atoms with E-state index in [0.717, 1.165) is 0 Å². The van der Waals surface area contributed by atoms with Gasteiger partial charge in [-0.2, -0.15) is 0 Å². The SMILES string of the molecule is CN(C)C(=O)c1cccc(NC(=O)CCCl)c1. The molecule has 2 amide bonds. The number of hydrogen-bond donors (Lipinski definition) is 1. The van der Waals surface area contributed by atoms with Crippen molar-refractivity contribution >= 4 is 29.1 Å². The first-order valence-electron chi connectivity index (χ1n) is 5.22. The van der Waals surface area contributed by atoms with Crippen molar-refractivity contribution in [3.8, 4) is 0 Å². The smallest absolute Gasteiger partial charge is 0.253 e. The Morgan fingerprint density at radius 1 is 1.35 bits per heavy atom. The fraction of sp³-hybridized carbons (Fsp3) is 0.333. The molecular formula is C12H15ClN2O2. The number of alkyl halides is 1. The third kappa shape index (κ3) is 4.07. The maximum Gasteiger partial charge on any atom is 0.253 e. The molecule has 5 heteroatoms. The van der Waals surface area contributed by atoms with E-state index in [1.54, 1.807) is 38.4 Å². The summed E-state index contributed by atoms with van der Waals surface area (Å²) in [6.45, 7) is 0. The number of amides is 2. The quantitative estimate of drug-likeness (QED) is 0.835. The maximum absolute atomic E-state index is 11.7. The first-order chi connectivity index (χ1) is 8.04. The molecule has 0 unspecified atom stereocenters. The van der Waals surface area contributed by atoms with Crippen LogP contribution in [0.2, 0.25) is 0 Å². The Balaban J connectivity index is 2.79. The van der Waals surface area contributed by atoms with E-state index in [0.29, 0.717) is 11.3 Å². The highest BCUT2D eigenvalue weighted by molar-refractivity contribution is 6.19. The third-order valence-corrected chi connectivity index (χ3v) is 2.31. The van der Waals surface area contributed by atoms with Crippen molar-refractivity contribution in [3.63, 3.8) is 0 Å². The van der Waals surface area contributed by atoms with Crippen LogP contribution in [0.15, 0.2) is 24.3 Å². The Kier molecular flexibility index (Phi) is 4.97. The van der Waals surface area contributed by atoms with Gasteiger partial charge < -0.3 is 10.2 Å². The number of nitrogens with one attached hydrogen (secondary N) is 1. The molecule has 0 radical (unpaired) electrons. The topological polar surface area (TPSA) is 49.4 Å². The normalized spacial score (nSPS) is 9.82. The molecule has 0 aromatic heterocycles. The van der Waals surface area contributed by atoms with Crippen LogP contribution in [0.5, 0.6) is 0 Å². The molecule has 0 spiro atoms. The van der Waals surface area contributed by atoms with Crippen molar-refractivity contribution < 1.29 is 9.59 Å². The van der Waals surface area contributed by atoms with Gasteiger partial charge in [-0.3, -0.25) is 9.59 Å². The second-order valence-corrected chi connectivity index (χ2v) is 4.15. The van der Waals surface area contributed by atoms with Crippen LogP contribution in [0.4, 0.5) is 5.69 Å². The summed E-state index contributed by atoms with van der Waals surface area (Å²) in [5.74, 6) is 0.0233. The molecule has 0 saturated carbocycles. The Hall–Kier alpha value is -1.55. The molecule has 1 aromatic carbocycles. The lowest BCUT2D eigenvalue weighted by Crippen LogP contribution is -2.21. The van der Waals surface area contributed by atoms with Gasteiger partial charge in [0.2, 0.25) is 5.91 Å². The van der Waals surface area contributed by atoms with Gasteiger partial charge in [-0.15, -0.1) is 11.6 Å². The Morgan fingerprint density at radius 3 is 2.65 bits per heavy atom. The van der Waals surface area contributed by atoms with Gasteiger partial charge in [0.15, 0.2) is 0 Å². The molecule has 17 heavy (non-hydrogen) atoms. The van der Waals surface area contributed by atoms with Gasteiger partial charge >= 0.3 is 0 Å². The molecule has 1 rings (SSSR count). The minimum Gasteiger partial charge on any atom is -0.345 e. The molecule has 4 nitrogen and oxygen atoms in total. The van der Waals surface area contributed by atoms with E-state index in [1.165, 1.54) is 4.90 Å². The summed E-state index contributed by atoms with van der Waals surface area (Å²) in [6, 6.07) is 6.82. The summed E-state index contributed by atoms with van der Waals surface area (Å²) in [7, 11) is 3.36. The molecule has 0 bridgehead atoms. The molecule has 1 aromatic rings. The Bertz CT molecular complexity index is 419. The average Bonchev–Trinajstić information content (AvgIpc) is 2.28. The molecule has 0 saturated heterocycles. The highest BCUT2D eigenvalue weighted by atomic mass is 35.5. The standard InChI is InChI=1S/C12H15ClN2O2/c1-15(2)12(17)9-4-3-5-10(8-9)14-11(16)6-7-13/h3-5,8H,6-7H2,1-2H3,(H,14,16). The second kappa shape index (κ2) is 6.25. The molecule has 92 valence electrons. The van der Waals surface area contributed by atoms with Crippen LogP contribution in [-0.2, 0) is 4.79 Å². The summed E-state index contributed by atoms with van der Waals surface area (Å²) in [5, 5.41) is 2.68. The van der Waals surface area contributed by atoms with Crippen LogP contribution in [0.25, 0.3) is 0 Å². The van der Waals surface area contributed by atoms with Crippen molar-refractivity contribution in [2.24, 2.45) is 0 Å². The predicted octanol–water partition coefficient (Wildman–Crippen LogP) is 1.96.